The fraction of sp³-hybridized carbons (Fsp3) is 0.150. The van der Waals surface area contributed by atoms with Gasteiger partial charge in [-0.05, 0) is 24.5 Å². The number of carbonyl (C=O) groups excluding carboxylic acids is 1. The number of thioether (sulfide) groups is 1. The Bertz CT molecular complexity index is 1210. The normalized spacial score (nSPS) is 17.5. The highest BCUT2D eigenvalue weighted by Crippen LogP contribution is 2.53. The summed E-state index contributed by atoms with van der Waals surface area (Å²) in [5.41, 5.74) is -1.46. The molecule has 0 saturated carbocycles. The van der Waals surface area contributed by atoms with Crippen LogP contribution in [0.15, 0.2) is 59.6 Å². The summed E-state index contributed by atoms with van der Waals surface area (Å²) in [6.07, 6.45) is -5.65. The van der Waals surface area contributed by atoms with E-state index in [1.807, 2.05) is 0 Å². The van der Waals surface area contributed by atoms with Crippen molar-refractivity contribution in [3.8, 4) is 17.5 Å². The molecule has 6 nitrogen and oxygen atoms in total. The molecule has 1 atom stereocenters. The van der Waals surface area contributed by atoms with E-state index in [4.69, 9.17) is 4.74 Å². The molecule has 0 aliphatic carbocycles. The molecule has 0 N–H and O–H groups in total. The molecular weight excluding hydrogens is 436 g/mol. The zero-order chi connectivity index (χ0) is 22.4. The van der Waals surface area contributed by atoms with Crippen LogP contribution in [0.5, 0.6) is 5.75 Å². The summed E-state index contributed by atoms with van der Waals surface area (Å²) in [5, 5.41) is 13.8. The highest BCUT2D eigenvalue weighted by atomic mass is 32.2. The van der Waals surface area contributed by atoms with Crippen molar-refractivity contribution in [2.75, 3.05) is 11.2 Å². The quantitative estimate of drug-likeness (QED) is 0.307. The lowest BCUT2D eigenvalue weighted by Gasteiger charge is -2.41. The number of anilines is 1. The van der Waals surface area contributed by atoms with Gasteiger partial charge in [0, 0.05) is 5.56 Å². The first-order valence-electron chi connectivity index (χ1n) is 8.73. The maximum Gasteiger partial charge on any atom is 0.447 e. The van der Waals surface area contributed by atoms with Gasteiger partial charge in [-0.25, -0.2) is 18.8 Å². The maximum atomic E-state index is 16.1. The molecule has 3 aromatic rings. The fourth-order valence-corrected chi connectivity index (χ4v) is 3.84. The molecule has 158 valence electrons. The van der Waals surface area contributed by atoms with Gasteiger partial charge in [0.25, 0.3) is 0 Å². The third kappa shape index (κ3) is 3.02. The van der Waals surface area contributed by atoms with E-state index in [2.05, 4.69) is 5.10 Å². The van der Waals surface area contributed by atoms with E-state index in [1.165, 1.54) is 42.5 Å². The summed E-state index contributed by atoms with van der Waals surface area (Å²) in [5.74, 6) is -5.05. The zero-order valence-electron chi connectivity index (χ0n) is 15.7. The second kappa shape index (κ2) is 7.31. The van der Waals surface area contributed by atoms with Crippen molar-refractivity contribution >= 4 is 23.7 Å². The molecule has 4 rings (SSSR count). The fourth-order valence-electron chi connectivity index (χ4n) is 3.34. The molecule has 2 aromatic carbocycles. The lowest BCUT2D eigenvalue weighted by molar-refractivity contribution is -0.234. The Morgan fingerprint density at radius 1 is 1.16 bits per heavy atom. The number of fused-ring (bicyclic) bond motifs is 3. The van der Waals surface area contributed by atoms with Crippen LogP contribution in [0.25, 0.3) is 5.69 Å². The molecule has 0 fully saturated rings. The number of carbonyl (C=O) groups is 1. The number of para-hydroxylation sites is 2. The van der Waals surface area contributed by atoms with Gasteiger partial charge in [0.05, 0.1) is 5.69 Å². The Morgan fingerprint density at radius 3 is 2.42 bits per heavy atom. The number of alkyl halides is 4. The molecule has 1 aliphatic rings. The minimum Gasteiger partial charge on any atom is -0.410 e. The number of aromatic nitrogens is 2. The van der Waals surface area contributed by atoms with Crippen molar-refractivity contribution in [2.24, 2.45) is 0 Å². The number of halogens is 4. The minimum absolute atomic E-state index is 0.0382. The van der Waals surface area contributed by atoms with Crippen molar-refractivity contribution in [1.29, 1.82) is 5.26 Å². The third-order valence-corrected chi connectivity index (χ3v) is 5.32. The van der Waals surface area contributed by atoms with Crippen LogP contribution in [0.3, 0.4) is 0 Å². The molecule has 0 bridgehead atoms. The van der Waals surface area contributed by atoms with Crippen LogP contribution in [0.2, 0.25) is 0 Å². The van der Waals surface area contributed by atoms with Crippen LogP contribution in [-0.2, 0) is 5.79 Å². The highest BCUT2D eigenvalue weighted by molar-refractivity contribution is 7.98. The van der Waals surface area contributed by atoms with Crippen molar-refractivity contribution in [2.45, 2.75) is 17.0 Å². The first-order chi connectivity index (χ1) is 14.7. The molecule has 0 radical (unpaired) electrons. The predicted octanol–water partition coefficient (Wildman–Crippen LogP) is 5.17. The van der Waals surface area contributed by atoms with Crippen LogP contribution in [0, 0.1) is 11.3 Å². The van der Waals surface area contributed by atoms with Gasteiger partial charge in [0.2, 0.25) is 0 Å². The number of nitrogens with zero attached hydrogens (tertiary/aromatic N) is 4. The molecule has 11 heteroatoms. The van der Waals surface area contributed by atoms with Gasteiger partial charge in [-0.1, -0.05) is 36.4 Å². The van der Waals surface area contributed by atoms with Crippen molar-refractivity contribution in [3.63, 3.8) is 0 Å². The first kappa shape index (κ1) is 20.7. The highest BCUT2D eigenvalue weighted by Gasteiger charge is 2.68. The Labute approximate surface area is 177 Å². The van der Waals surface area contributed by atoms with Crippen LogP contribution >= 0.6 is 11.8 Å². The van der Waals surface area contributed by atoms with Gasteiger partial charge in [0.1, 0.15) is 22.4 Å². The molecular formula is C20H12F4N4O2S. The maximum absolute atomic E-state index is 16.1. The number of nitriles is 1. The number of amides is 1. The van der Waals surface area contributed by atoms with E-state index in [1.54, 1.807) is 18.4 Å². The van der Waals surface area contributed by atoms with Gasteiger partial charge in [-0.15, -0.1) is 11.8 Å². The Hall–Kier alpha value is -3.52. The molecule has 1 aliphatic heterocycles. The minimum atomic E-state index is -5.55. The van der Waals surface area contributed by atoms with E-state index >= 15 is 4.39 Å². The second-order valence-electron chi connectivity index (χ2n) is 6.38. The SMILES string of the molecule is CSc1nn2c(c1C#N)N(C(=O)Oc1ccccc1)C(F)(C(F)(F)F)c1ccccc1-2. The van der Waals surface area contributed by atoms with Crippen molar-refractivity contribution in [1.82, 2.24) is 9.78 Å². The average molecular weight is 448 g/mol. The molecule has 31 heavy (non-hydrogen) atoms. The van der Waals surface area contributed by atoms with E-state index in [0.29, 0.717) is 0 Å². The monoisotopic (exact) mass is 448 g/mol. The lowest BCUT2D eigenvalue weighted by atomic mass is 9.97. The molecule has 1 unspecified atom stereocenters. The molecule has 0 saturated heterocycles. The summed E-state index contributed by atoms with van der Waals surface area (Å²) in [6, 6.07) is 13.8. The first-order valence-corrected chi connectivity index (χ1v) is 9.96. The number of benzene rings is 2. The molecule has 2 heterocycles. The number of ether oxygens (including phenoxy) is 1. The summed E-state index contributed by atoms with van der Waals surface area (Å²) in [6.45, 7) is 0. The summed E-state index contributed by atoms with van der Waals surface area (Å²) in [7, 11) is 0. The standard InChI is InChI=1S/C20H12F4N4O2S/c1-31-16-13(11-25)17-27(18(29)30-12-7-3-2-4-8-12)19(21,20(22,23)24)14-9-5-6-10-15(14)28(17)26-16/h2-10H,1H3. The van der Waals surface area contributed by atoms with Gasteiger partial charge in [0.15, 0.2) is 5.82 Å². The zero-order valence-corrected chi connectivity index (χ0v) is 16.5. The Morgan fingerprint density at radius 2 is 1.81 bits per heavy atom. The van der Waals surface area contributed by atoms with Crippen molar-refractivity contribution in [3.05, 3.63) is 65.7 Å². The van der Waals surface area contributed by atoms with Crippen LogP contribution in [-0.4, -0.2) is 28.3 Å². The van der Waals surface area contributed by atoms with Gasteiger partial charge in [-0.3, -0.25) is 0 Å². The van der Waals surface area contributed by atoms with E-state index in [-0.39, 0.29) is 26.9 Å². The lowest BCUT2D eigenvalue weighted by Crippen LogP contribution is -2.59. The molecule has 0 spiro atoms. The van der Waals surface area contributed by atoms with Gasteiger partial charge < -0.3 is 4.74 Å². The number of hydrogen-bond acceptors (Lipinski definition) is 5. The van der Waals surface area contributed by atoms with E-state index < -0.39 is 29.4 Å². The van der Waals surface area contributed by atoms with Gasteiger partial charge >= 0.3 is 18.1 Å². The Balaban J connectivity index is 2.02. The average Bonchev–Trinajstić information content (AvgIpc) is 3.12. The number of hydrogen-bond donors (Lipinski definition) is 0. The number of rotatable bonds is 2. The topological polar surface area (TPSA) is 71.2 Å². The molecule has 1 amide bonds. The summed E-state index contributed by atoms with van der Waals surface area (Å²) >= 11 is 0.977. The van der Waals surface area contributed by atoms with E-state index in [0.717, 1.165) is 22.5 Å². The summed E-state index contributed by atoms with van der Waals surface area (Å²) in [4.78, 5) is 12.8. The largest absolute Gasteiger partial charge is 0.447 e. The Kier molecular flexibility index (Phi) is 4.89. The van der Waals surface area contributed by atoms with E-state index in [9.17, 15) is 23.2 Å². The smallest absolute Gasteiger partial charge is 0.410 e. The predicted molar refractivity (Wildman–Crippen MR) is 104 cm³/mol. The van der Waals surface area contributed by atoms with Gasteiger partial charge in [-0.2, -0.15) is 23.5 Å². The molecule has 1 aromatic heterocycles. The third-order valence-electron chi connectivity index (χ3n) is 4.65. The van der Waals surface area contributed by atoms with Crippen LogP contribution in [0.1, 0.15) is 11.1 Å². The summed E-state index contributed by atoms with van der Waals surface area (Å²) < 4.78 is 64.8. The van der Waals surface area contributed by atoms with Crippen LogP contribution < -0.4 is 9.64 Å². The second-order valence-corrected chi connectivity index (χ2v) is 7.18. The van der Waals surface area contributed by atoms with Crippen LogP contribution in [0.4, 0.5) is 28.2 Å². The van der Waals surface area contributed by atoms with Crippen molar-refractivity contribution < 1.29 is 27.1 Å².